The minimum atomic E-state index is 0. The fourth-order valence-electron chi connectivity index (χ4n) is 11.0. The number of rotatable bonds is 35. The van der Waals surface area contributed by atoms with Gasteiger partial charge in [-0.05, 0) is 96.7 Å². The first-order valence-electron chi connectivity index (χ1n) is 32.1. The van der Waals surface area contributed by atoms with E-state index in [1.54, 1.807) is 0 Å². The van der Waals surface area contributed by atoms with Crippen LogP contribution in [0.15, 0.2) is 86.5 Å². The van der Waals surface area contributed by atoms with E-state index >= 15 is 0 Å². The Bertz CT molecular complexity index is 2760. The Morgan fingerprint density at radius 2 is 0.742 bits per heavy atom. The van der Waals surface area contributed by atoms with E-state index in [2.05, 4.69) is 123 Å². The maximum absolute atomic E-state index is 5.90. The standard InChI is InChI=1S/C21H34Cl2N7.C19H32ClN8.C19H34N9.3H3N/c1-2-3-4-5-11-27-14-8-15-30-20(27)19(18-24-30)25-26-21-28(12-6-9-22)16-17-29(21)13-7-10-23;2*1-2-3-9-25-12-6-13-28-18(25)17(16-22-28)23-24-19-26(10-4-7-20)14-15-27(19)11-5-8-21;;;/h16-18H,2-15H2,1H3;14-16H,2-13,21H2,1H3;14-16H,2-13,20-21H2,1H3;3*1H3/q3*+1;;;/p+2. The normalized spacial score (nSPS) is 13.7. The topological polar surface area (TPSA) is 347 Å². The number of aromatic nitrogens is 12. The lowest BCUT2D eigenvalue weighted by molar-refractivity contribution is -0.683. The van der Waals surface area contributed by atoms with Crippen molar-refractivity contribution in [3.63, 3.8) is 0 Å². The molecular formula is C59H111Cl3N27+5. The number of unbranched alkanes of at least 4 members (excludes halogenated alkanes) is 5. The van der Waals surface area contributed by atoms with Crippen molar-refractivity contribution in [2.75, 3.05) is 91.2 Å². The van der Waals surface area contributed by atoms with Gasteiger partial charge >= 0.3 is 20.7 Å². The van der Waals surface area contributed by atoms with Crippen molar-refractivity contribution in [3.05, 3.63) is 55.8 Å². The van der Waals surface area contributed by atoms with Gasteiger partial charge in [-0.1, -0.05) is 68.2 Å². The molecule has 3 aliphatic heterocycles. The van der Waals surface area contributed by atoms with Gasteiger partial charge in [-0.2, -0.15) is 15.3 Å². The van der Waals surface area contributed by atoms with Crippen LogP contribution in [0.5, 0.6) is 0 Å². The number of nitrogens with zero attached hydrogens (tertiary/aromatic N) is 21. The first-order chi connectivity index (χ1) is 42.3. The summed E-state index contributed by atoms with van der Waals surface area (Å²) in [7, 11) is 0. The van der Waals surface area contributed by atoms with Crippen LogP contribution in [0.25, 0.3) is 0 Å². The van der Waals surface area contributed by atoms with E-state index in [0.29, 0.717) is 37.3 Å². The molecule has 0 fully saturated rings. The molecule has 27 nitrogen and oxygen atoms in total. The summed E-state index contributed by atoms with van der Waals surface area (Å²) in [5, 5.41) is 41.4. The van der Waals surface area contributed by atoms with Crippen molar-refractivity contribution in [1.29, 1.82) is 0 Å². The van der Waals surface area contributed by atoms with E-state index in [-0.39, 0.29) is 21.3 Å². The predicted octanol–water partition coefficient (Wildman–Crippen LogP) is 11.6. The minimum absolute atomic E-state index is 0. The quantitative estimate of drug-likeness (QED) is 0.00936. The summed E-state index contributed by atoms with van der Waals surface area (Å²) in [4.78, 5) is 7.21. The molecule has 0 aliphatic carbocycles. The number of fused-ring (bicyclic) bond motifs is 3. The second-order valence-corrected chi connectivity index (χ2v) is 23.3. The molecule has 89 heavy (non-hydrogen) atoms. The Kier molecular flexibility index (Phi) is 35.8. The van der Waals surface area contributed by atoms with Gasteiger partial charge in [0, 0.05) is 91.9 Å². The van der Waals surface area contributed by atoms with Crippen molar-refractivity contribution in [2.45, 2.75) is 189 Å². The van der Waals surface area contributed by atoms with E-state index in [9.17, 15) is 0 Å². The third-order valence-electron chi connectivity index (χ3n) is 15.5. The number of imidazole rings is 3. The van der Waals surface area contributed by atoms with Crippen LogP contribution in [-0.2, 0) is 58.9 Å². The van der Waals surface area contributed by atoms with Gasteiger partial charge in [0.05, 0.1) is 95.0 Å². The Labute approximate surface area is 546 Å². The van der Waals surface area contributed by atoms with Crippen LogP contribution in [0.4, 0.5) is 52.4 Å². The Hall–Kier alpha value is -5.91. The van der Waals surface area contributed by atoms with Crippen LogP contribution >= 0.6 is 34.8 Å². The molecule has 15 N–H and O–H groups in total. The van der Waals surface area contributed by atoms with E-state index < -0.39 is 0 Å². The number of halogens is 3. The molecule has 9 heterocycles. The molecule has 9 rings (SSSR count). The molecule has 0 spiro atoms. The molecule has 0 atom stereocenters. The molecule has 6 aromatic rings. The van der Waals surface area contributed by atoms with E-state index in [0.717, 1.165) is 208 Å². The second kappa shape index (κ2) is 42.2. The molecule has 6 aromatic heterocycles. The fourth-order valence-corrected chi connectivity index (χ4v) is 11.3. The zero-order valence-electron chi connectivity index (χ0n) is 55.9. The highest BCUT2D eigenvalue weighted by Crippen LogP contribution is 2.36. The third-order valence-corrected chi connectivity index (χ3v) is 16.3. The summed E-state index contributed by atoms with van der Waals surface area (Å²) >= 11 is 17.7. The maximum atomic E-state index is 5.90. The van der Waals surface area contributed by atoms with Gasteiger partial charge in [0.25, 0.3) is 0 Å². The molecule has 0 saturated heterocycles. The van der Waals surface area contributed by atoms with E-state index in [1.807, 2.05) is 55.8 Å². The van der Waals surface area contributed by atoms with Gasteiger partial charge < -0.3 is 50.4 Å². The lowest BCUT2D eigenvalue weighted by Crippen LogP contribution is -2.33. The van der Waals surface area contributed by atoms with Crippen LogP contribution in [0.3, 0.4) is 0 Å². The van der Waals surface area contributed by atoms with E-state index in [4.69, 9.17) is 52.0 Å². The van der Waals surface area contributed by atoms with Crippen molar-refractivity contribution in [1.82, 2.24) is 61.5 Å². The van der Waals surface area contributed by atoms with Crippen molar-refractivity contribution < 1.29 is 16.6 Å². The monoisotopic (exact) mass is 1300 g/mol. The lowest BCUT2D eigenvalue weighted by atomic mass is 10.2. The highest BCUT2D eigenvalue weighted by atomic mass is 35.5. The van der Waals surface area contributed by atoms with E-state index in [1.165, 1.54) is 51.4 Å². The molecule has 0 bridgehead atoms. The molecule has 0 unspecified atom stereocenters. The van der Waals surface area contributed by atoms with Crippen LogP contribution in [0.1, 0.15) is 133 Å². The summed E-state index contributed by atoms with van der Waals surface area (Å²) in [5.41, 5.74) is 19.6. The molecule has 0 aromatic carbocycles. The summed E-state index contributed by atoms with van der Waals surface area (Å²) in [6, 6.07) is 0. The Balaban J connectivity index is 0.000000453. The van der Waals surface area contributed by atoms with Crippen molar-refractivity contribution in [2.24, 2.45) is 47.9 Å². The number of aryl methyl sites for hydroxylation is 9. The smallest absolute Gasteiger partial charge is 0.355 e. The van der Waals surface area contributed by atoms with Gasteiger partial charge in [-0.25, -0.2) is 41.4 Å². The number of hydrogen-bond acceptors (Lipinski definition) is 18. The van der Waals surface area contributed by atoms with Crippen molar-refractivity contribution in [3.8, 4) is 0 Å². The Morgan fingerprint density at radius 3 is 1.08 bits per heavy atom. The average Bonchev–Trinajstić information content (AvgIpc) is 2.34. The summed E-state index contributed by atoms with van der Waals surface area (Å²) < 4.78 is 18.8. The largest absolute Gasteiger partial charge is 1.00 e. The minimum Gasteiger partial charge on any atom is -0.355 e. The summed E-state index contributed by atoms with van der Waals surface area (Å²) in [5.74, 6) is 7.66. The second-order valence-electron chi connectivity index (χ2n) is 22.1. The Morgan fingerprint density at radius 1 is 0.404 bits per heavy atom. The number of hydrogen-bond donors (Lipinski definition) is 6. The first kappa shape index (κ1) is 75.5. The van der Waals surface area contributed by atoms with Gasteiger partial charge in [-0.15, -0.1) is 34.8 Å². The molecule has 30 heteroatoms. The zero-order valence-corrected chi connectivity index (χ0v) is 56.2. The molecule has 0 radical (unpaired) electrons. The first-order valence-corrected chi connectivity index (χ1v) is 33.7. The molecule has 0 saturated carbocycles. The van der Waals surface area contributed by atoms with Crippen LogP contribution in [0, 0.1) is 0 Å². The number of azo groups is 3. The third kappa shape index (κ3) is 21.9. The number of anilines is 3. The highest BCUT2D eigenvalue weighted by Gasteiger charge is 2.27. The van der Waals surface area contributed by atoms with Gasteiger partial charge in [0.1, 0.15) is 0 Å². The van der Waals surface area contributed by atoms with Gasteiger partial charge in [-0.3, -0.25) is 0 Å². The number of alkyl halides is 3. The average molecular weight is 1310 g/mol. The maximum Gasteiger partial charge on any atom is 1.00 e. The highest BCUT2D eigenvalue weighted by molar-refractivity contribution is 6.18. The molecule has 498 valence electrons. The van der Waals surface area contributed by atoms with Crippen LogP contribution in [0.2, 0.25) is 0 Å². The van der Waals surface area contributed by atoms with Gasteiger partial charge in [0.2, 0.25) is 0 Å². The summed E-state index contributed by atoms with van der Waals surface area (Å²) in [6.45, 7) is 22.7. The molecule has 0 amide bonds. The van der Waals surface area contributed by atoms with Crippen molar-refractivity contribution >= 4 is 87.2 Å². The predicted molar refractivity (Wildman–Crippen MR) is 362 cm³/mol. The molecular weight excluding hydrogens is 1190 g/mol. The SMILES string of the molecule is CCCCCCN1CCCn2ncc(N=Nc3n(CCCCl)cc[n+]3CCCCl)c21.CCCCN1CCCn2ncc(N=Nc3n(CCCN)cc[n+]3CCCCl)c21.CCCCN1CCCn2ncc(N=Nc3n(CCCN)cc[n+]3CCCN)c21.N.N.N.[H+].[H+]. The van der Waals surface area contributed by atoms with Crippen LogP contribution in [-0.4, -0.2) is 120 Å². The fraction of sp³-hybridized carbons (Fsp3) is 0.695. The summed E-state index contributed by atoms with van der Waals surface area (Å²) in [6.07, 6.45) is 36.2. The zero-order chi connectivity index (χ0) is 60.7. The van der Waals surface area contributed by atoms with Crippen LogP contribution < -0.4 is 64.1 Å². The number of nitrogens with two attached hydrogens (primary N) is 3. The lowest BCUT2D eigenvalue weighted by Gasteiger charge is -2.29. The molecule has 3 aliphatic rings. The van der Waals surface area contributed by atoms with Gasteiger partial charge in [0.15, 0.2) is 34.5 Å².